The molecule has 0 aliphatic heterocycles. The Labute approximate surface area is 237 Å². The molecule has 10 nitrogen and oxygen atoms in total. The molecule has 212 valence electrons. The van der Waals surface area contributed by atoms with Crippen LogP contribution >= 0.6 is 0 Å². The smallest absolute Gasteiger partial charge is 0.412 e. The van der Waals surface area contributed by atoms with Crippen LogP contribution in [0.15, 0.2) is 73.0 Å². The Morgan fingerprint density at radius 1 is 1.10 bits per heavy atom. The van der Waals surface area contributed by atoms with Crippen LogP contribution in [0.5, 0.6) is 0 Å². The third kappa shape index (κ3) is 9.47. The van der Waals surface area contributed by atoms with Crippen molar-refractivity contribution < 1.29 is 23.5 Å². The molecule has 0 spiro atoms. The zero-order valence-electron chi connectivity index (χ0n) is 22.8. The summed E-state index contributed by atoms with van der Waals surface area (Å²) in [6.45, 7) is 6.81. The molecule has 0 aliphatic carbocycles. The molecule has 3 aromatic rings. The number of nitriles is 1. The average Bonchev–Trinajstić information content (AvgIpc) is 2.94. The Bertz CT molecular complexity index is 1470. The summed E-state index contributed by atoms with van der Waals surface area (Å²) in [5, 5.41) is 20.4. The van der Waals surface area contributed by atoms with Crippen LogP contribution in [0.25, 0.3) is 11.3 Å². The molecule has 0 saturated carbocycles. The highest BCUT2D eigenvalue weighted by Crippen LogP contribution is 2.25. The summed E-state index contributed by atoms with van der Waals surface area (Å²) in [6, 6.07) is 18.2. The number of rotatable bonds is 12. The molecule has 0 radical (unpaired) electrons. The van der Waals surface area contributed by atoms with Gasteiger partial charge in [-0.15, -0.1) is 0 Å². The van der Waals surface area contributed by atoms with E-state index in [2.05, 4.69) is 38.9 Å². The number of nitrogens with zero attached hydrogens (tertiary/aromatic N) is 2. The van der Waals surface area contributed by atoms with Gasteiger partial charge in [0.25, 0.3) is 5.91 Å². The van der Waals surface area contributed by atoms with Crippen molar-refractivity contribution in [2.75, 3.05) is 25.0 Å². The van der Waals surface area contributed by atoms with E-state index in [9.17, 15) is 24.0 Å². The van der Waals surface area contributed by atoms with Gasteiger partial charge in [0.1, 0.15) is 18.2 Å². The fourth-order valence-electron chi connectivity index (χ4n) is 3.81. The predicted octanol–water partition coefficient (Wildman–Crippen LogP) is 3.91. The van der Waals surface area contributed by atoms with Crippen LogP contribution in [0.1, 0.15) is 35.3 Å². The maximum Gasteiger partial charge on any atom is 0.412 e. The van der Waals surface area contributed by atoms with Crippen molar-refractivity contribution in [2.24, 2.45) is 0 Å². The number of alkyl carbamates (subject to hydrolysis) is 1. The summed E-state index contributed by atoms with van der Waals surface area (Å²) in [4.78, 5) is 41.4. The van der Waals surface area contributed by atoms with Crippen molar-refractivity contribution in [1.82, 2.24) is 20.9 Å². The lowest BCUT2D eigenvalue weighted by atomic mass is 10.0. The highest BCUT2D eigenvalue weighted by molar-refractivity contribution is 5.99. The summed E-state index contributed by atoms with van der Waals surface area (Å²) in [5.74, 6) is -0.748. The topological polar surface area (TPSA) is 145 Å². The first-order valence-electron chi connectivity index (χ1n) is 12.8. The maximum atomic E-state index is 13.6. The van der Waals surface area contributed by atoms with Gasteiger partial charge in [0.2, 0.25) is 5.91 Å². The molecular weight excluding hydrogens is 527 g/mol. The summed E-state index contributed by atoms with van der Waals surface area (Å²) in [7, 11) is 0. The number of hydrogen-bond acceptors (Lipinski definition) is 7. The van der Waals surface area contributed by atoms with E-state index >= 15 is 0 Å². The quantitative estimate of drug-likeness (QED) is 0.247. The Morgan fingerprint density at radius 3 is 2.61 bits per heavy atom. The summed E-state index contributed by atoms with van der Waals surface area (Å²) in [6.07, 6.45) is -0.310. The van der Waals surface area contributed by atoms with Gasteiger partial charge < -0.3 is 26.0 Å². The number of anilines is 1. The molecule has 4 N–H and O–H groups in total. The number of pyridine rings is 1. The van der Waals surface area contributed by atoms with Crippen LogP contribution < -0.4 is 21.3 Å². The number of carbonyl (C=O) groups excluding carboxylic acids is 3. The van der Waals surface area contributed by atoms with Crippen LogP contribution in [0.4, 0.5) is 15.0 Å². The van der Waals surface area contributed by atoms with E-state index in [1.807, 2.05) is 0 Å². The Balaban J connectivity index is 1.68. The van der Waals surface area contributed by atoms with E-state index in [0.717, 1.165) is 5.56 Å². The van der Waals surface area contributed by atoms with Crippen molar-refractivity contribution >= 4 is 23.7 Å². The second kappa shape index (κ2) is 14.8. The zero-order valence-corrected chi connectivity index (χ0v) is 22.8. The largest absolute Gasteiger partial charge is 0.416 e. The fraction of sp³-hybridized carbons (Fsp3) is 0.233. The number of carbonyl (C=O) groups is 3. The molecule has 0 fully saturated rings. The number of hydrogen-bond donors (Lipinski definition) is 4. The van der Waals surface area contributed by atoms with Gasteiger partial charge in [-0.05, 0) is 56.2 Å². The lowest BCUT2D eigenvalue weighted by molar-refractivity contribution is -0.120. The molecule has 0 unspecified atom stereocenters. The number of aromatic nitrogens is 1. The summed E-state index contributed by atoms with van der Waals surface area (Å²) < 4.78 is 18.3. The molecule has 1 aromatic heterocycles. The normalized spacial score (nSPS) is 11.0. The number of nitrogens with one attached hydrogen (secondary N) is 4. The second-order valence-electron chi connectivity index (χ2n) is 9.18. The molecular formula is C30H31FN6O4. The standard InChI is InChI=1S/C30H31FN6O4/c1-19(2)41-30(40)35-18-27(38)36-20(3)17-34-29(39)25-11-12-26(24-10-5-4-8-22(24)16-32)37-28(25)33-14-13-21-7-6-9-23(31)15-21/h4-12,15,20H,1,13-14,17-18H2,2-3H3,(H,33,37)(H,34,39)(H,35,40)(H,36,38)/t20-/m1/s1. The third-order valence-corrected chi connectivity index (χ3v) is 5.69. The van der Waals surface area contributed by atoms with E-state index in [4.69, 9.17) is 4.74 Å². The van der Waals surface area contributed by atoms with Gasteiger partial charge in [-0.1, -0.05) is 36.9 Å². The van der Waals surface area contributed by atoms with Crippen molar-refractivity contribution in [2.45, 2.75) is 26.3 Å². The van der Waals surface area contributed by atoms with Crippen molar-refractivity contribution in [1.29, 1.82) is 5.26 Å². The minimum atomic E-state index is -0.792. The Kier molecular flexibility index (Phi) is 10.9. The van der Waals surface area contributed by atoms with E-state index < -0.39 is 23.9 Å². The van der Waals surface area contributed by atoms with Gasteiger partial charge in [-0.25, -0.2) is 14.2 Å². The first kappa shape index (κ1) is 30.3. The second-order valence-corrected chi connectivity index (χ2v) is 9.18. The van der Waals surface area contributed by atoms with Crippen molar-refractivity contribution in [3.8, 4) is 17.3 Å². The average molecular weight is 559 g/mol. The number of halogens is 1. The molecule has 11 heteroatoms. The SMILES string of the molecule is C=C(C)OC(=O)NCC(=O)N[C@H](C)CNC(=O)c1ccc(-c2ccccc2C#N)nc1NCCc1cccc(F)c1. The third-order valence-electron chi connectivity index (χ3n) is 5.69. The van der Waals surface area contributed by atoms with Crippen LogP contribution in [-0.4, -0.2) is 48.6 Å². The Hall–Kier alpha value is -5.24. The predicted molar refractivity (Wildman–Crippen MR) is 152 cm³/mol. The first-order chi connectivity index (χ1) is 19.7. The minimum absolute atomic E-state index is 0.0997. The molecule has 41 heavy (non-hydrogen) atoms. The van der Waals surface area contributed by atoms with Crippen LogP contribution in [0.3, 0.4) is 0 Å². The molecule has 0 bridgehead atoms. The highest BCUT2D eigenvalue weighted by Gasteiger charge is 2.17. The number of benzene rings is 2. The van der Waals surface area contributed by atoms with Gasteiger partial charge in [-0.3, -0.25) is 9.59 Å². The van der Waals surface area contributed by atoms with Gasteiger partial charge in [0.15, 0.2) is 0 Å². The van der Waals surface area contributed by atoms with Gasteiger partial charge in [-0.2, -0.15) is 5.26 Å². The number of ether oxygens (including phenoxy) is 1. The van der Waals surface area contributed by atoms with Crippen LogP contribution in [0, 0.1) is 17.1 Å². The zero-order chi connectivity index (χ0) is 29.8. The number of allylic oxidation sites excluding steroid dienone is 1. The van der Waals surface area contributed by atoms with E-state index in [-0.39, 0.29) is 30.2 Å². The fourth-order valence-corrected chi connectivity index (χ4v) is 3.81. The maximum absolute atomic E-state index is 13.6. The molecule has 1 atom stereocenters. The Morgan fingerprint density at radius 2 is 1.88 bits per heavy atom. The molecule has 0 aliphatic rings. The van der Waals surface area contributed by atoms with E-state index in [0.29, 0.717) is 35.6 Å². The molecule has 3 amide bonds. The van der Waals surface area contributed by atoms with Gasteiger partial charge in [0, 0.05) is 24.7 Å². The molecule has 1 heterocycles. The molecule has 0 saturated heterocycles. The van der Waals surface area contributed by atoms with Gasteiger partial charge in [0.05, 0.1) is 28.6 Å². The minimum Gasteiger partial charge on any atom is -0.416 e. The summed E-state index contributed by atoms with van der Waals surface area (Å²) >= 11 is 0. The first-order valence-corrected chi connectivity index (χ1v) is 12.8. The highest BCUT2D eigenvalue weighted by atomic mass is 19.1. The summed E-state index contributed by atoms with van der Waals surface area (Å²) in [5.41, 5.74) is 2.60. The monoisotopic (exact) mass is 558 g/mol. The molecule has 2 aromatic carbocycles. The lowest BCUT2D eigenvalue weighted by Gasteiger charge is -2.17. The van der Waals surface area contributed by atoms with Crippen LogP contribution in [-0.2, 0) is 16.0 Å². The van der Waals surface area contributed by atoms with Crippen molar-refractivity contribution in [3.05, 3.63) is 95.5 Å². The lowest BCUT2D eigenvalue weighted by Crippen LogP contribution is -2.45. The number of amides is 3. The molecule has 3 rings (SSSR count). The van der Waals surface area contributed by atoms with Crippen molar-refractivity contribution in [3.63, 3.8) is 0 Å². The van der Waals surface area contributed by atoms with Crippen LogP contribution in [0.2, 0.25) is 0 Å². The van der Waals surface area contributed by atoms with Gasteiger partial charge >= 0.3 is 6.09 Å². The van der Waals surface area contributed by atoms with E-state index in [1.165, 1.54) is 19.1 Å². The van der Waals surface area contributed by atoms with E-state index in [1.54, 1.807) is 55.5 Å².